The number of hydrogen-bond acceptors (Lipinski definition) is 5. The van der Waals surface area contributed by atoms with Crippen molar-refractivity contribution in [1.29, 1.82) is 0 Å². The van der Waals surface area contributed by atoms with Crippen LogP contribution in [0.4, 0.5) is 0 Å². The van der Waals surface area contributed by atoms with Crippen LogP contribution in [-0.4, -0.2) is 24.7 Å². The van der Waals surface area contributed by atoms with Crippen LogP contribution in [0.1, 0.15) is 15.9 Å². The third-order valence-corrected chi connectivity index (χ3v) is 5.89. The standard InChI is InChI=1S/C14H14N2OS2/c1-2-4-11-9(3-1)13-12(8-18-11)19-14(16-13)10-7-17-6-5-15-10/h1-4,10,15H,5-8H2. The van der Waals surface area contributed by atoms with Gasteiger partial charge in [0, 0.05) is 27.6 Å². The smallest absolute Gasteiger partial charge is 0.113 e. The van der Waals surface area contributed by atoms with E-state index in [4.69, 9.17) is 9.72 Å². The minimum Gasteiger partial charge on any atom is -0.378 e. The topological polar surface area (TPSA) is 34.1 Å². The molecule has 0 bridgehead atoms. The van der Waals surface area contributed by atoms with Gasteiger partial charge in [-0.15, -0.1) is 23.1 Å². The number of rotatable bonds is 1. The van der Waals surface area contributed by atoms with E-state index in [2.05, 4.69) is 29.6 Å². The number of fused-ring (bicyclic) bond motifs is 3. The first-order chi connectivity index (χ1) is 9.42. The Morgan fingerprint density at radius 1 is 1.32 bits per heavy atom. The van der Waals surface area contributed by atoms with Crippen molar-refractivity contribution in [3.63, 3.8) is 0 Å². The van der Waals surface area contributed by atoms with E-state index in [1.807, 2.05) is 23.1 Å². The molecule has 0 saturated carbocycles. The summed E-state index contributed by atoms with van der Waals surface area (Å²) in [5.41, 5.74) is 2.47. The van der Waals surface area contributed by atoms with Gasteiger partial charge in [0.2, 0.25) is 0 Å². The Kier molecular flexibility index (Phi) is 3.07. The van der Waals surface area contributed by atoms with Gasteiger partial charge in [0.05, 0.1) is 24.9 Å². The highest BCUT2D eigenvalue weighted by Crippen LogP contribution is 2.44. The molecule has 1 atom stereocenters. The predicted octanol–water partition coefficient (Wildman–Crippen LogP) is 3.08. The Balaban J connectivity index is 1.74. The van der Waals surface area contributed by atoms with E-state index in [9.17, 15) is 0 Å². The molecule has 2 aliphatic rings. The lowest BCUT2D eigenvalue weighted by Gasteiger charge is -2.21. The summed E-state index contributed by atoms with van der Waals surface area (Å²) in [5, 5.41) is 4.65. The summed E-state index contributed by atoms with van der Waals surface area (Å²) in [5.74, 6) is 1.04. The second kappa shape index (κ2) is 4.90. The van der Waals surface area contributed by atoms with E-state index in [0.717, 1.165) is 25.5 Å². The highest BCUT2D eigenvalue weighted by Gasteiger charge is 2.25. The molecule has 0 amide bonds. The van der Waals surface area contributed by atoms with Crippen LogP contribution >= 0.6 is 23.1 Å². The molecule has 1 aromatic heterocycles. The number of nitrogens with zero attached hydrogens (tertiary/aromatic N) is 1. The molecule has 1 unspecified atom stereocenters. The molecule has 98 valence electrons. The molecule has 0 aliphatic carbocycles. The Hall–Kier alpha value is -0.880. The number of ether oxygens (including phenoxy) is 1. The van der Waals surface area contributed by atoms with Crippen molar-refractivity contribution in [1.82, 2.24) is 10.3 Å². The van der Waals surface area contributed by atoms with Crippen LogP contribution in [0.5, 0.6) is 0 Å². The minimum atomic E-state index is 0.265. The van der Waals surface area contributed by atoms with Gasteiger partial charge in [-0.1, -0.05) is 18.2 Å². The number of thiazole rings is 1. The molecule has 1 fully saturated rings. The number of nitrogens with one attached hydrogen (secondary N) is 1. The van der Waals surface area contributed by atoms with E-state index in [1.54, 1.807) is 0 Å². The van der Waals surface area contributed by atoms with Crippen LogP contribution in [0.2, 0.25) is 0 Å². The summed E-state index contributed by atoms with van der Waals surface area (Å²) in [6, 6.07) is 8.82. The fourth-order valence-corrected chi connectivity index (χ4v) is 4.75. The van der Waals surface area contributed by atoms with Gasteiger partial charge >= 0.3 is 0 Å². The molecule has 4 rings (SSSR count). The minimum absolute atomic E-state index is 0.265. The lowest BCUT2D eigenvalue weighted by molar-refractivity contribution is 0.0768. The molecule has 3 nitrogen and oxygen atoms in total. The summed E-state index contributed by atoms with van der Waals surface area (Å²) < 4.78 is 5.54. The maximum atomic E-state index is 5.54. The van der Waals surface area contributed by atoms with Gasteiger partial charge in [-0.25, -0.2) is 4.98 Å². The number of benzene rings is 1. The molecular weight excluding hydrogens is 276 g/mol. The Bertz CT molecular complexity index is 605. The van der Waals surface area contributed by atoms with Crippen molar-refractivity contribution in [2.24, 2.45) is 0 Å². The number of thioether (sulfide) groups is 1. The molecule has 5 heteroatoms. The Morgan fingerprint density at radius 3 is 3.16 bits per heavy atom. The average Bonchev–Trinajstić information content (AvgIpc) is 2.93. The third-order valence-electron chi connectivity index (χ3n) is 3.43. The van der Waals surface area contributed by atoms with Gasteiger partial charge in [-0.2, -0.15) is 0 Å². The quantitative estimate of drug-likeness (QED) is 0.875. The van der Waals surface area contributed by atoms with Crippen molar-refractivity contribution in [2.75, 3.05) is 19.8 Å². The molecule has 3 heterocycles. The highest BCUT2D eigenvalue weighted by atomic mass is 32.2. The molecule has 2 aliphatic heterocycles. The molecule has 1 aromatic carbocycles. The van der Waals surface area contributed by atoms with E-state index >= 15 is 0 Å². The fraction of sp³-hybridized carbons (Fsp3) is 0.357. The summed E-state index contributed by atoms with van der Waals surface area (Å²) in [6.45, 7) is 2.46. The van der Waals surface area contributed by atoms with Crippen LogP contribution in [-0.2, 0) is 10.5 Å². The largest absolute Gasteiger partial charge is 0.378 e. The molecular formula is C14H14N2OS2. The van der Waals surface area contributed by atoms with Crippen molar-refractivity contribution in [2.45, 2.75) is 16.7 Å². The maximum absolute atomic E-state index is 5.54. The average molecular weight is 290 g/mol. The summed E-state index contributed by atoms with van der Waals surface area (Å²) in [7, 11) is 0. The second-order valence-electron chi connectivity index (χ2n) is 4.69. The Morgan fingerprint density at radius 2 is 2.26 bits per heavy atom. The number of morpholine rings is 1. The SMILES string of the molecule is c1ccc2c(c1)SCc1sc(C3COCCN3)nc1-2. The molecule has 1 N–H and O–H groups in total. The summed E-state index contributed by atoms with van der Waals surface area (Å²) in [4.78, 5) is 7.62. The molecule has 2 aromatic rings. The zero-order chi connectivity index (χ0) is 12.7. The fourth-order valence-electron chi connectivity index (χ4n) is 2.48. The molecule has 1 saturated heterocycles. The van der Waals surface area contributed by atoms with Crippen LogP contribution in [0, 0.1) is 0 Å². The molecule has 0 spiro atoms. The van der Waals surface area contributed by atoms with E-state index in [1.165, 1.54) is 26.0 Å². The van der Waals surface area contributed by atoms with Crippen LogP contribution < -0.4 is 5.32 Å². The van der Waals surface area contributed by atoms with E-state index < -0.39 is 0 Å². The number of aromatic nitrogens is 1. The zero-order valence-electron chi connectivity index (χ0n) is 10.4. The predicted molar refractivity (Wildman–Crippen MR) is 78.7 cm³/mol. The van der Waals surface area contributed by atoms with Gasteiger partial charge in [0.25, 0.3) is 0 Å². The highest BCUT2D eigenvalue weighted by molar-refractivity contribution is 7.98. The van der Waals surface area contributed by atoms with Gasteiger partial charge < -0.3 is 10.1 Å². The first kappa shape index (κ1) is 11.9. The van der Waals surface area contributed by atoms with Crippen LogP contribution in [0.3, 0.4) is 0 Å². The number of hydrogen-bond donors (Lipinski definition) is 1. The van der Waals surface area contributed by atoms with Gasteiger partial charge in [-0.3, -0.25) is 0 Å². The summed E-state index contributed by atoms with van der Waals surface area (Å²) in [6.07, 6.45) is 0. The van der Waals surface area contributed by atoms with E-state index in [-0.39, 0.29) is 6.04 Å². The lowest BCUT2D eigenvalue weighted by atomic mass is 10.1. The van der Waals surface area contributed by atoms with Gasteiger partial charge in [0.1, 0.15) is 5.01 Å². The molecule has 0 radical (unpaired) electrons. The summed E-state index contributed by atoms with van der Waals surface area (Å²) >= 11 is 3.74. The molecule has 19 heavy (non-hydrogen) atoms. The van der Waals surface area contributed by atoms with Crippen LogP contribution in [0.15, 0.2) is 29.2 Å². The van der Waals surface area contributed by atoms with Crippen LogP contribution in [0.25, 0.3) is 11.3 Å². The first-order valence-electron chi connectivity index (χ1n) is 6.45. The third kappa shape index (κ3) is 2.10. The van der Waals surface area contributed by atoms with Crippen molar-refractivity contribution in [3.05, 3.63) is 34.2 Å². The lowest BCUT2D eigenvalue weighted by Crippen LogP contribution is -2.34. The van der Waals surface area contributed by atoms with Crippen molar-refractivity contribution >= 4 is 23.1 Å². The van der Waals surface area contributed by atoms with E-state index in [0.29, 0.717) is 0 Å². The van der Waals surface area contributed by atoms with Crippen molar-refractivity contribution < 1.29 is 4.74 Å². The normalized spacial score (nSPS) is 21.8. The van der Waals surface area contributed by atoms with Crippen molar-refractivity contribution in [3.8, 4) is 11.3 Å². The second-order valence-corrected chi connectivity index (χ2v) is 6.82. The Labute approximate surface area is 120 Å². The van der Waals surface area contributed by atoms with Gasteiger partial charge in [0.15, 0.2) is 0 Å². The van der Waals surface area contributed by atoms with Gasteiger partial charge in [-0.05, 0) is 6.07 Å². The first-order valence-corrected chi connectivity index (χ1v) is 8.25. The zero-order valence-corrected chi connectivity index (χ0v) is 12.0. The monoisotopic (exact) mass is 290 g/mol. The maximum Gasteiger partial charge on any atom is 0.113 e.